The van der Waals surface area contributed by atoms with E-state index in [4.69, 9.17) is 4.74 Å². The van der Waals surface area contributed by atoms with Gasteiger partial charge in [0.15, 0.2) is 0 Å². The summed E-state index contributed by atoms with van der Waals surface area (Å²) in [6.07, 6.45) is 1.58. The molecule has 0 spiro atoms. The minimum atomic E-state index is -5.08. The highest BCUT2D eigenvalue weighted by molar-refractivity contribution is 7.81. The van der Waals surface area contributed by atoms with Crippen LogP contribution in [0.2, 0.25) is 0 Å². The predicted octanol–water partition coefficient (Wildman–Crippen LogP) is 3.70. The minimum Gasteiger partial charge on any atom is -0.489 e. The van der Waals surface area contributed by atoms with Gasteiger partial charge in [-0.1, -0.05) is 3.89 Å². The summed E-state index contributed by atoms with van der Waals surface area (Å²) in [5.41, 5.74) is 2.48. The Bertz CT molecular complexity index is 981. The van der Waals surface area contributed by atoms with Crippen LogP contribution in [0.3, 0.4) is 0 Å². The molecular weight excluding hydrogens is 366 g/mol. The highest BCUT2D eigenvalue weighted by atomic mass is 32.3. The number of benzene rings is 2. The molecule has 3 rings (SSSR count). The SMILES string of the molecule is Cc1cc(-c2ccn[nH]2)cc(F)c1COc1ccc(OS(=O)(=O)F)cc1. The minimum absolute atomic E-state index is 0.0253. The summed E-state index contributed by atoms with van der Waals surface area (Å²) < 4.78 is 57.3. The number of hydrogen-bond donors (Lipinski definition) is 1. The fourth-order valence-electron chi connectivity index (χ4n) is 2.39. The first-order valence-corrected chi connectivity index (χ1v) is 8.78. The summed E-state index contributed by atoms with van der Waals surface area (Å²) in [4.78, 5) is 0. The number of aromatic amines is 1. The number of aromatic nitrogens is 2. The summed E-state index contributed by atoms with van der Waals surface area (Å²) >= 11 is 0. The van der Waals surface area contributed by atoms with Crippen molar-refractivity contribution in [3.8, 4) is 22.8 Å². The van der Waals surface area contributed by atoms with Gasteiger partial charge in [-0.3, -0.25) is 5.10 Å². The van der Waals surface area contributed by atoms with E-state index in [9.17, 15) is 16.7 Å². The van der Waals surface area contributed by atoms with Gasteiger partial charge < -0.3 is 8.92 Å². The Hall–Kier alpha value is -2.94. The third kappa shape index (κ3) is 4.37. The van der Waals surface area contributed by atoms with Gasteiger partial charge in [0.1, 0.15) is 23.9 Å². The zero-order valence-electron chi connectivity index (χ0n) is 13.6. The standard InChI is InChI=1S/C17H14F2N2O4S/c1-11-8-12(17-6-7-20-21-17)9-16(18)15(11)10-24-13-2-4-14(5-3-13)25-26(19,22)23/h2-9H,10H2,1H3,(H,20,21). The largest absolute Gasteiger partial charge is 0.489 e. The molecule has 3 aromatic rings. The molecule has 6 nitrogen and oxygen atoms in total. The molecular formula is C17H14F2N2O4S. The van der Waals surface area contributed by atoms with Crippen LogP contribution in [0.5, 0.6) is 11.5 Å². The number of hydrogen-bond acceptors (Lipinski definition) is 5. The average Bonchev–Trinajstić information content (AvgIpc) is 3.08. The molecule has 0 atom stereocenters. The van der Waals surface area contributed by atoms with Crippen molar-refractivity contribution >= 4 is 10.5 Å². The summed E-state index contributed by atoms with van der Waals surface area (Å²) in [6, 6.07) is 10.2. The molecule has 0 aliphatic carbocycles. The van der Waals surface area contributed by atoms with E-state index in [0.717, 1.165) is 0 Å². The van der Waals surface area contributed by atoms with Crippen LogP contribution >= 0.6 is 0 Å². The van der Waals surface area contributed by atoms with Gasteiger partial charge in [-0.15, -0.1) is 0 Å². The molecule has 0 fully saturated rings. The zero-order valence-corrected chi connectivity index (χ0v) is 14.4. The van der Waals surface area contributed by atoms with Gasteiger partial charge in [0.05, 0.1) is 5.69 Å². The number of aryl methyl sites for hydroxylation is 1. The molecule has 0 amide bonds. The second-order valence-corrected chi connectivity index (χ2v) is 6.41. The topological polar surface area (TPSA) is 81.3 Å². The van der Waals surface area contributed by atoms with Crippen molar-refractivity contribution in [2.45, 2.75) is 13.5 Å². The smallest absolute Gasteiger partial charge is 0.488 e. The second-order valence-electron chi connectivity index (χ2n) is 5.46. The van der Waals surface area contributed by atoms with Crippen molar-refractivity contribution in [2.24, 2.45) is 0 Å². The van der Waals surface area contributed by atoms with E-state index in [0.29, 0.717) is 28.1 Å². The lowest BCUT2D eigenvalue weighted by Crippen LogP contribution is -2.03. The van der Waals surface area contributed by atoms with Crippen molar-refractivity contribution in [3.05, 3.63) is 65.6 Å². The molecule has 2 aromatic carbocycles. The van der Waals surface area contributed by atoms with Crippen LogP contribution in [0.1, 0.15) is 11.1 Å². The van der Waals surface area contributed by atoms with E-state index in [-0.39, 0.29) is 12.4 Å². The second kappa shape index (κ2) is 7.12. The maximum Gasteiger partial charge on any atom is 0.488 e. The zero-order chi connectivity index (χ0) is 18.7. The van der Waals surface area contributed by atoms with E-state index in [1.807, 2.05) is 6.07 Å². The highest BCUT2D eigenvalue weighted by Crippen LogP contribution is 2.25. The van der Waals surface area contributed by atoms with Crippen molar-refractivity contribution in [1.82, 2.24) is 10.2 Å². The van der Waals surface area contributed by atoms with Gasteiger partial charge in [0, 0.05) is 17.3 Å². The summed E-state index contributed by atoms with van der Waals surface area (Å²) in [6.45, 7) is 1.74. The number of halogens is 2. The Morgan fingerprint density at radius 1 is 1.12 bits per heavy atom. The van der Waals surface area contributed by atoms with Crippen LogP contribution in [0.25, 0.3) is 11.3 Å². The summed E-state index contributed by atoms with van der Waals surface area (Å²) in [5.74, 6) is -0.255. The molecule has 26 heavy (non-hydrogen) atoms. The Morgan fingerprint density at radius 2 is 1.81 bits per heavy atom. The monoisotopic (exact) mass is 380 g/mol. The Morgan fingerprint density at radius 3 is 2.38 bits per heavy atom. The first-order valence-electron chi connectivity index (χ1n) is 7.47. The summed E-state index contributed by atoms with van der Waals surface area (Å²) in [7, 11) is -5.08. The molecule has 9 heteroatoms. The predicted molar refractivity (Wildman–Crippen MR) is 90.1 cm³/mol. The Balaban J connectivity index is 1.72. The number of rotatable bonds is 6. The maximum absolute atomic E-state index is 14.4. The number of nitrogens with zero attached hydrogens (tertiary/aromatic N) is 1. The van der Waals surface area contributed by atoms with Crippen LogP contribution in [0.15, 0.2) is 48.7 Å². The highest BCUT2D eigenvalue weighted by Gasteiger charge is 2.12. The van der Waals surface area contributed by atoms with Crippen molar-refractivity contribution in [1.29, 1.82) is 0 Å². The number of H-pyrrole nitrogens is 1. The quantitative estimate of drug-likeness (QED) is 0.660. The average molecular weight is 380 g/mol. The van der Waals surface area contributed by atoms with Crippen molar-refractivity contribution in [3.63, 3.8) is 0 Å². The number of ether oxygens (including phenoxy) is 1. The van der Waals surface area contributed by atoms with E-state index in [1.54, 1.807) is 19.2 Å². The van der Waals surface area contributed by atoms with Gasteiger partial charge in [-0.2, -0.15) is 13.5 Å². The third-order valence-electron chi connectivity index (χ3n) is 3.63. The molecule has 0 saturated carbocycles. The molecule has 0 unspecified atom stereocenters. The first kappa shape index (κ1) is 17.9. The molecule has 1 aromatic heterocycles. The Labute approximate surface area is 148 Å². The fourth-order valence-corrected chi connectivity index (χ4v) is 2.73. The maximum atomic E-state index is 14.4. The van der Waals surface area contributed by atoms with Gasteiger partial charge in [0.25, 0.3) is 0 Å². The van der Waals surface area contributed by atoms with Gasteiger partial charge >= 0.3 is 10.5 Å². The third-order valence-corrected chi connectivity index (χ3v) is 4.02. The molecule has 136 valence electrons. The van der Waals surface area contributed by atoms with E-state index >= 15 is 0 Å². The number of nitrogens with one attached hydrogen (secondary N) is 1. The molecule has 0 bridgehead atoms. The first-order chi connectivity index (χ1) is 12.3. The Kier molecular flexibility index (Phi) is 4.90. The van der Waals surface area contributed by atoms with Crippen LogP contribution in [0.4, 0.5) is 8.28 Å². The van der Waals surface area contributed by atoms with E-state index in [1.165, 1.54) is 30.3 Å². The van der Waals surface area contributed by atoms with Gasteiger partial charge in [0.2, 0.25) is 0 Å². The lowest BCUT2D eigenvalue weighted by molar-refractivity contribution is 0.298. The van der Waals surface area contributed by atoms with Gasteiger partial charge in [-0.25, -0.2) is 4.39 Å². The van der Waals surface area contributed by atoms with E-state index < -0.39 is 16.3 Å². The van der Waals surface area contributed by atoms with Crippen molar-refractivity contribution in [2.75, 3.05) is 0 Å². The molecule has 1 heterocycles. The molecule has 0 aliphatic heterocycles. The van der Waals surface area contributed by atoms with Gasteiger partial charge in [-0.05, 0) is 55.0 Å². The van der Waals surface area contributed by atoms with Crippen LogP contribution in [-0.2, 0) is 17.1 Å². The lowest BCUT2D eigenvalue weighted by atomic mass is 10.0. The molecule has 1 N–H and O–H groups in total. The summed E-state index contributed by atoms with van der Waals surface area (Å²) in [5, 5.41) is 6.62. The lowest BCUT2D eigenvalue weighted by Gasteiger charge is -2.12. The normalized spacial score (nSPS) is 11.3. The van der Waals surface area contributed by atoms with E-state index in [2.05, 4.69) is 14.4 Å². The van der Waals surface area contributed by atoms with Crippen LogP contribution < -0.4 is 8.92 Å². The molecule has 0 saturated heterocycles. The van der Waals surface area contributed by atoms with Crippen LogP contribution in [-0.4, -0.2) is 18.6 Å². The molecule has 0 aliphatic rings. The van der Waals surface area contributed by atoms with Crippen LogP contribution in [0, 0.1) is 12.7 Å². The van der Waals surface area contributed by atoms with Crippen molar-refractivity contribution < 1.29 is 25.6 Å². The fraction of sp³-hybridized carbons (Fsp3) is 0.118. The molecule has 0 radical (unpaired) electrons.